The number of amides is 2. The molecule has 1 aliphatic heterocycles. The molecule has 1 atom stereocenters. The van der Waals surface area contributed by atoms with Gasteiger partial charge in [0.1, 0.15) is 0 Å². The van der Waals surface area contributed by atoms with Gasteiger partial charge in [0.05, 0.1) is 11.5 Å². The first kappa shape index (κ1) is 16.2. The van der Waals surface area contributed by atoms with Gasteiger partial charge in [0.15, 0.2) is 0 Å². The number of halogens is 1. The number of carbonyl (C=O) groups excluding carboxylic acids is 2. The van der Waals surface area contributed by atoms with Crippen molar-refractivity contribution in [3.63, 3.8) is 0 Å². The smallest absolute Gasteiger partial charge is 0.242 e. The molecule has 0 bridgehead atoms. The number of rotatable bonds is 2. The zero-order chi connectivity index (χ0) is 12.3. The molecule has 0 spiro atoms. The molecule has 1 heterocycles. The third kappa shape index (κ3) is 4.16. The van der Waals surface area contributed by atoms with E-state index in [-0.39, 0.29) is 30.1 Å². The van der Waals surface area contributed by atoms with E-state index in [9.17, 15) is 9.59 Å². The number of likely N-dealkylation sites (tertiary alicyclic amines) is 1. The maximum absolute atomic E-state index is 11.9. The van der Waals surface area contributed by atoms with Crippen molar-refractivity contribution >= 4 is 24.2 Å². The molecule has 100 valence electrons. The molecule has 0 radical (unpaired) electrons. The number of carbonyl (C=O) groups is 2. The van der Waals surface area contributed by atoms with Gasteiger partial charge in [-0.15, -0.1) is 12.4 Å². The van der Waals surface area contributed by atoms with Crippen LogP contribution in [0, 0.1) is 5.92 Å². The predicted octanol–water partition coefficient (Wildman–Crippen LogP) is 0.130. The van der Waals surface area contributed by atoms with Crippen LogP contribution in [0.3, 0.4) is 0 Å². The maximum Gasteiger partial charge on any atom is 0.242 e. The van der Waals surface area contributed by atoms with Crippen LogP contribution in [0.5, 0.6) is 0 Å². The summed E-state index contributed by atoms with van der Waals surface area (Å²) in [5, 5.41) is 2.62. The fourth-order valence-electron chi connectivity index (χ4n) is 1.99. The van der Waals surface area contributed by atoms with Crippen molar-refractivity contribution < 1.29 is 9.59 Å². The molecular weight excluding hydrogens is 242 g/mol. The molecule has 1 fully saturated rings. The van der Waals surface area contributed by atoms with Gasteiger partial charge in [-0.1, -0.05) is 0 Å². The van der Waals surface area contributed by atoms with E-state index in [1.54, 1.807) is 25.8 Å². The van der Waals surface area contributed by atoms with Crippen molar-refractivity contribution in [2.75, 3.05) is 20.1 Å². The van der Waals surface area contributed by atoms with E-state index >= 15 is 0 Å². The zero-order valence-electron chi connectivity index (χ0n) is 10.7. The lowest BCUT2D eigenvalue weighted by atomic mass is 9.95. The highest BCUT2D eigenvalue weighted by Gasteiger charge is 2.33. The van der Waals surface area contributed by atoms with Gasteiger partial charge < -0.3 is 16.0 Å². The van der Waals surface area contributed by atoms with E-state index in [2.05, 4.69) is 5.32 Å². The van der Waals surface area contributed by atoms with Crippen molar-refractivity contribution in [2.45, 2.75) is 32.2 Å². The predicted molar refractivity (Wildman–Crippen MR) is 68.9 cm³/mol. The highest BCUT2D eigenvalue weighted by molar-refractivity contribution is 5.86. The number of nitrogens with two attached hydrogens (primary N) is 1. The van der Waals surface area contributed by atoms with Gasteiger partial charge in [0, 0.05) is 20.1 Å². The second kappa shape index (κ2) is 6.21. The molecule has 1 unspecified atom stereocenters. The van der Waals surface area contributed by atoms with Crippen molar-refractivity contribution in [1.82, 2.24) is 10.2 Å². The molecule has 5 nitrogen and oxygen atoms in total. The second-order valence-corrected chi connectivity index (χ2v) is 4.93. The molecule has 1 rings (SSSR count). The minimum Gasteiger partial charge on any atom is -0.359 e. The Hall–Kier alpha value is -0.810. The van der Waals surface area contributed by atoms with Crippen LogP contribution in [0.2, 0.25) is 0 Å². The molecule has 0 aromatic rings. The first-order valence-corrected chi connectivity index (χ1v) is 5.66. The van der Waals surface area contributed by atoms with Crippen LogP contribution in [0.4, 0.5) is 0 Å². The number of nitrogens with one attached hydrogen (secondary N) is 1. The summed E-state index contributed by atoms with van der Waals surface area (Å²) in [5.74, 6) is -0.168. The highest BCUT2D eigenvalue weighted by Crippen LogP contribution is 2.18. The van der Waals surface area contributed by atoms with Crippen molar-refractivity contribution in [2.24, 2.45) is 11.7 Å². The monoisotopic (exact) mass is 263 g/mol. The van der Waals surface area contributed by atoms with Crippen LogP contribution in [0.25, 0.3) is 0 Å². The van der Waals surface area contributed by atoms with Crippen molar-refractivity contribution in [3.05, 3.63) is 0 Å². The summed E-state index contributed by atoms with van der Waals surface area (Å²) in [6, 6.07) is 0. The second-order valence-electron chi connectivity index (χ2n) is 4.93. The molecule has 1 aliphatic rings. The van der Waals surface area contributed by atoms with E-state index < -0.39 is 5.54 Å². The fraction of sp³-hybridized carbons (Fsp3) is 0.818. The Bertz CT molecular complexity index is 289. The van der Waals surface area contributed by atoms with Gasteiger partial charge in [-0.05, 0) is 26.7 Å². The number of hydrogen-bond acceptors (Lipinski definition) is 3. The average molecular weight is 264 g/mol. The number of nitrogens with zero attached hydrogens (tertiary/aromatic N) is 1. The minimum atomic E-state index is -0.857. The summed E-state index contributed by atoms with van der Waals surface area (Å²) in [6.07, 6.45) is 1.70. The van der Waals surface area contributed by atoms with Crippen molar-refractivity contribution in [3.8, 4) is 0 Å². The summed E-state index contributed by atoms with van der Waals surface area (Å²) in [5.41, 5.74) is 4.92. The van der Waals surface area contributed by atoms with Crippen LogP contribution < -0.4 is 11.1 Å². The van der Waals surface area contributed by atoms with Crippen LogP contribution in [0.1, 0.15) is 26.7 Å². The quantitative estimate of drug-likeness (QED) is 0.744. The zero-order valence-corrected chi connectivity index (χ0v) is 11.5. The first-order chi connectivity index (χ1) is 7.36. The summed E-state index contributed by atoms with van der Waals surface area (Å²) in [7, 11) is 1.62. The van der Waals surface area contributed by atoms with Crippen molar-refractivity contribution in [1.29, 1.82) is 0 Å². The SMILES string of the molecule is CNC(=O)C1CCCN(C(=O)C(C)(C)N)C1.Cl. The molecule has 6 heteroatoms. The topological polar surface area (TPSA) is 75.4 Å². The molecule has 0 aromatic carbocycles. The highest BCUT2D eigenvalue weighted by atomic mass is 35.5. The van der Waals surface area contributed by atoms with Crippen LogP contribution in [0.15, 0.2) is 0 Å². The van der Waals surface area contributed by atoms with Gasteiger partial charge in [-0.25, -0.2) is 0 Å². The lowest BCUT2D eigenvalue weighted by Gasteiger charge is -2.35. The lowest BCUT2D eigenvalue weighted by molar-refractivity contribution is -0.139. The summed E-state index contributed by atoms with van der Waals surface area (Å²) >= 11 is 0. The Morgan fingerprint density at radius 3 is 2.47 bits per heavy atom. The first-order valence-electron chi connectivity index (χ1n) is 5.66. The molecular formula is C11H22ClN3O2. The lowest BCUT2D eigenvalue weighted by Crippen LogP contribution is -2.55. The molecule has 0 aromatic heterocycles. The molecule has 3 N–H and O–H groups in total. The normalized spacial score (nSPS) is 20.5. The maximum atomic E-state index is 11.9. The van der Waals surface area contributed by atoms with Gasteiger partial charge in [-0.3, -0.25) is 9.59 Å². The van der Waals surface area contributed by atoms with E-state index in [1.807, 2.05) is 0 Å². The Morgan fingerprint density at radius 1 is 1.41 bits per heavy atom. The molecule has 0 saturated carbocycles. The Morgan fingerprint density at radius 2 is 2.00 bits per heavy atom. The van der Waals surface area contributed by atoms with Crippen LogP contribution in [-0.2, 0) is 9.59 Å². The number of hydrogen-bond donors (Lipinski definition) is 2. The third-order valence-electron chi connectivity index (χ3n) is 2.88. The van der Waals surface area contributed by atoms with Crippen LogP contribution in [-0.4, -0.2) is 42.4 Å². The van der Waals surface area contributed by atoms with Gasteiger partial charge in [-0.2, -0.15) is 0 Å². The van der Waals surface area contributed by atoms with E-state index in [0.29, 0.717) is 13.1 Å². The summed E-state index contributed by atoms with van der Waals surface area (Å²) in [4.78, 5) is 25.1. The Labute approximate surface area is 109 Å². The molecule has 0 aliphatic carbocycles. The van der Waals surface area contributed by atoms with Gasteiger partial charge in [0.2, 0.25) is 11.8 Å². The number of piperidine rings is 1. The standard InChI is InChI=1S/C11H21N3O2.ClH/c1-11(2,12)10(16)14-6-4-5-8(7-14)9(15)13-3;/h8H,4-7,12H2,1-3H3,(H,13,15);1H. The van der Waals surface area contributed by atoms with Gasteiger partial charge >= 0.3 is 0 Å². The summed E-state index contributed by atoms with van der Waals surface area (Å²) in [6.45, 7) is 4.57. The molecule has 1 saturated heterocycles. The third-order valence-corrected chi connectivity index (χ3v) is 2.88. The average Bonchev–Trinajstić information content (AvgIpc) is 2.26. The van der Waals surface area contributed by atoms with Gasteiger partial charge in [0.25, 0.3) is 0 Å². The fourth-order valence-corrected chi connectivity index (χ4v) is 1.99. The minimum absolute atomic E-state index is 0. The Kier molecular flexibility index (Phi) is 5.92. The Balaban J connectivity index is 0.00000256. The molecule has 2 amide bonds. The summed E-state index contributed by atoms with van der Waals surface area (Å²) < 4.78 is 0. The van der Waals surface area contributed by atoms with E-state index in [1.165, 1.54) is 0 Å². The van der Waals surface area contributed by atoms with E-state index in [4.69, 9.17) is 5.73 Å². The largest absolute Gasteiger partial charge is 0.359 e. The molecule has 17 heavy (non-hydrogen) atoms. The van der Waals surface area contributed by atoms with E-state index in [0.717, 1.165) is 12.8 Å². The van der Waals surface area contributed by atoms with Crippen LogP contribution >= 0.6 is 12.4 Å².